The van der Waals surface area contributed by atoms with Crippen molar-refractivity contribution in [3.05, 3.63) is 0 Å². The predicted molar refractivity (Wildman–Crippen MR) is 233 cm³/mol. The van der Waals surface area contributed by atoms with Crippen molar-refractivity contribution < 1.29 is 102 Å². The number of phosphoric ester groups is 3. The summed E-state index contributed by atoms with van der Waals surface area (Å²) in [4.78, 5) is 23.8. The molecule has 1 amide bonds. The van der Waals surface area contributed by atoms with Gasteiger partial charge in [0.25, 0.3) is 0 Å². The summed E-state index contributed by atoms with van der Waals surface area (Å²) >= 11 is 0. The van der Waals surface area contributed by atoms with Crippen molar-refractivity contribution in [1.82, 2.24) is 5.32 Å². The first-order valence-corrected chi connectivity index (χ1v) is 26.4. The molecule has 0 aromatic heterocycles. The average Bonchev–Trinajstić information content (AvgIpc) is 3.28. The molecule has 0 aliphatic heterocycles. The maximum atomic E-state index is 13.6. The summed E-state index contributed by atoms with van der Waals surface area (Å²) in [7, 11) is -11.6. The largest absolute Gasteiger partial charge is 0.474 e. The van der Waals surface area contributed by atoms with Gasteiger partial charge in [-0.25, -0.2) is 13.7 Å². The zero-order valence-corrected chi connectivity index (χ0v) is 41.8. The van der Waals surface area contributed by atoms with Gasteiger partial charge in [0.2, 0.25) is 5.91 Å². The van der Waals surface area contributed by atoms with E-state index >= 15 is 0 Å². The van der Waals surface area contributed by atoms with Gasteiger partial charge in [-0.3, -0.25) is 41.0 Å². The number of rotatable bonds is 51. The molecule has 2 N–H and O–H groups in total. The molecule has 0 fully saturated rings. The Hall–Kier alpha value is -0.560. The Morgan fingerprint density at radius 1 is 0.406 bits per heavy atom. The van der Waals surface area contributed by atoms with Crippen LogP contribution in [0.15, 0.2) is 0 Å². The standard InChI is InChI=1S/C38H80NO22P3/c1-7-12-54-62(41,42)59-34-38(35-60-63(43,55-13-8-2)56-14-9-3,36-61-64(44,57-15-10-4)58-16-11-5)39-37(40)33-53-32-31-52-30-29-51-28-27-50-26-25-49-24-23-48-22-21-47-20-19-46-18-17-45-6/h7-36H2,1-6H3,(H,39,40)(H,41,42). The van der Waals surface area contributed by atoms with E-state index in [4.69, 9.17) is 78.8 Å². The molecule has 0 saturated carbocycles. The molecule has 0 saturated heterocycles. The molecule has 384 valence electrons. The first-order chi connectivity index (χ1) is 30.9. The summed E-state index contributed by atoms with van der Waals surface area (Å²) in [5.41, 5.74) is -1.99. The van der Waals surface area contributed by atoms with Crippen LogP contribution in [0.1, 0.15) is 66.7 Å². The highest BCUT2D eigenvalue weighted by atomic mass is 31.2. The number of carbonyl (C=O) groups is 1. The van der Waals surface area contributed by atoms with Gasteiger partial charge in [-0.05, 0) is 32.1 Å². The number of amides is 1. The van der Waals surface area contributed by atoms with E-state index in [1.807, 2.05) is 0 Å². The van der Waals surface area contributed by atoms with Gasteiger partial charge in [0, 0.05) is 7.11 Å². The topological polar surface area (TPSA) is 257 Å². The van der Waals surface area contributed by atoms with Crippen LogP contribution in [0.5, 0.6) is 0 Å². The number of hydrogen-bond donors (Lipinski definition) is 2. The quantitative estimate of drug-likeness (QED) is 0.0592. The summed E-state index contributed by atoms with van der Waals surface area (Å²) < 4.78 is 132. The monoisotopic (exact) mass is 995 g/mol. The molecule has 0 rings (SSSR count). The summed E-state index contributed by atoms with van der Waals surface area (Å²) in [5, 5.41) is 2.61. The van der Waals surface area contributed by atoms with Gasteiger partial charge >= 0.3 is 23.5 Å². The minimum atomic E-state index is -4.72. The maximum Gasteiger partial charge on any atom is 0.474 e. The fourth-order valence-corrected chi connectivity index (χ4v) is 8.08. The van der Waals surface area contributed by atoms with E-state index in [1.165, 1.54) is 0 Å². The highest BCUT2D eigenvalue weighted by Gasteiger charge is 2.43. The van der Waals surface area contributed by atoms with Gasteiger partial charge in [0.1, 0.15) is 12.1 Å². The Kier molecular flexibility index (Phi) is 42.2. The third-order valence-electron chi connectivity index (χ3n) is 7.45. The highest BCUT2D eigenvalue weighted by Crippen LogP contribution is 2.53. The molecule has 1 unspecified atom stereocenters. The zero-order valence-electron chi connectivity index (χ0n) is 39.1. The molecule has 64 heavy (non-hydrogen) atoms. The summed E-state index contributed by atoms with van der Waals surface area (Å²) in [6.45, 7) is 12.1. The molecular formula is C38H80NO22P3. The van der Waals surface area contributed by atoms with Crippen molar-refractivity contribution in [1.29, 1.82) is 0 Å². The van der Waals surface area contributed by atoms with Crippen LogP contribution in [0.3, 0.4) is 0 Å². The minimum absolute atomic E-state index is 0.00348. The SMILES string of the molecule is CCCOP(=O)(O)OCC(COP(=O)(OCCC)OCCC)(COP(=O)(OCCC)OCCC)NC(=O)COCCOCCOCCOCCOCCOCCOCCOCCOC. The summed E-state index contributed by atoms with van der Waals surface area (Å²) in [5.74, 6) is -0.782. The molecule has 0 spiro atoms. The van der Waals surface area contributed by atoms with Crippen molar-refractivity contribution in [2.75, 3.05) is 172 Å². The van der Waals surface area contributed by atoms with Crippen molar-refractivity contribution in [2.24, 2.45) is 0 Å². The number of hydrogen-bond acceptors (Lipinski definition) is 21. The maximum absolute atomic E-state index is 13.6. The Morgan fingerprint density at radius 2 is 0.688 bits per heavy atom. The molecular weight excluding hydrogens is 915 g/mol. The molecule has 23 nitrogen and oxygen atoms in total. The highest BCUT2D eigenvalue weighted by molar-refractivity contribution is 7.48. The fraction of sp³-hybridized carbons (Fsp3) is 0.974. The molecule has 0 aromatic rings. The van der Waals surface area contributed by atoms with Gasteiger partial charge in [-0.2, -0.15) is 0 Å². The second kappa shape index (κ2) is 42.5. The molecule has 0 aromatic carbocycles. The second-order valence-corrected chi connectivity index (χ2v) is 18.3. The summed E-state index contributed by atoms with van der Waals surface area (Å²) in [6.07, 6.45) is 2.27. The minimum Gasteiger partial charge on any atom is -0.382 e. The Bertz CT molecular complexity index is 1160. The zero-order chi connectivity index (χ0) is 47.5. The predicted octanol–water partition coefficient (Wildman–Crippen LogP) is 5.12. The molecule has 0 heterocycles. The van der Waals surface area contributed by atoms with Crippen LogP contribution in [0.25, 0.3) is 0 Å². The summed E-state index contributed by atoms with van der Waals surface area (Å²) in [6, 6.07) is 0. The molecule has 1 atom stereocenters. The third kappa shape index (κ3) is 37.4. The Labute approximate surface area is 380 Å². The lowest BCUT2D eigenvalue weighted by Gasteiger charge is -2.35. The molecule has 0 radical (unpaired) electrons. The van der Waals surface area contributed by atoms with Gasteiger partial charge in [0.15, 0.2) is 0 Å². The number of carbonyl (C=O) groups excluding carboxylic acids is 1. The van der Waals surface area contributed by atoms with Crippen molar-refractivity contribution >= 4 is 29.4 Å². The van der Waals surface area contributed by atoms with E-state index in [0.717, 1.165) is 0 Å². The molecule has 0 aliphatic rings. The Morgan fingerprint density at radius 3 is 1.00 bits per heavy atom. The van der Waals surface area contributed by atoms with Crippen LogP contribution in [-0.4, -0.2) is 189 Å². The van der Waals surface area contributed by atoms with Crippen molar-refractivity contribution in [3.8, 4) is 0 Å². The lowest BCUT2D eigenvalue weighted by Crippen LogP contribution is -2.59. The first kappa shape index (κ1) is 63.4. The van der Waals surface area contributed by atoms with E-state index < -0.39 is 61.3 Å². The van der Waals surface area contributed by atoms with Crippen molar-refractivity contribution in [2.45, 2.75) is 72.3 Å². The van der Waals surface area contributed by atoms with E-state index in [-0.39, 0.29) is 52.9 Å². The first-order valence-electron chi connectivity index (χ1n) is 22.0. The number of ether oxygens (including phenoxy) is 9. The Balaban J connectivity index is 5.03. The van der Waals surface area contributed by atoms with Crippen LogP contribution in [-0.2, 0) is 97.3 Å². The van der Waals surface area contributed by atoms with Crippen LogP contribution >= 0.6 is 23.5 Å². The third-order valence-corrected chi connectivity index (χ3v) is 11.3. The van der Waals surface area contributed by atoms with E-state index in [0.29, 0.717) is 118 Å². The number of nitrogens with one attached hydrogen (secondary N) is 1. The van der Waals surface area contributed by atoms with Crippen LogP contribution < -0.4 is 5.32 Å². The van der Waals surface area contributed by atoms with Crippen LogP contribution in [0.2, 0.25) is 0 Å². The van der Waals surface area contributed by atoms with Gasteiger partial charge in [-0.15, -0.1) is 0 Å². The van der Waals surface area contributed by atoms with Gasteiger partial charge in [0.05, 0.1) is 159 Å². The molecule has 0 aliphatic carbocycles. The van der Waals surface area contributed by atoms with E-state index in [2.05, 4.69) is 5.32 Å². The molecule has 0 bridgehead atoms. The smallest absolute Gasteiger partial charge is 0.382 e. The second-order valence-electron chi connectivity index (χ2n) is 13.5. The van der Waals surface area contributed by atoms with Crippen molar-refractivity contribution in [3.63, 3.8) is 0 Å². The lowest BCUT2D eigenvalue weighted by atomic mass is 10.0. The fourth-order valence-electron chi connectivity index (χ4n) is 4.30. The average molecular weight is 996 g/mol. The van der Waals surface area contributed by atoms with Crippen LogP contribution in [0.4, 0.5) is 0 Å². The van der Waals surface area contributed by atoms with Gasteiger partial charge < -0.3 is 52.8 Å². The molecule has 26 heteroatoms. The number of methoxy groups -OCH3 is 1. The number of phosphoric acid groups is 3. The van der Waals surface area contributed by atoms with Crippen LogP contribution in [0, 0.1) is 0 Å². The lowest BCUT2D eigenvalue weighted by molar-refractivity contribution is -0.130. The van der Waals surface area contributed by atoms with Gasteiger partial charge in [-0.1, -0.05) is 34.6 Å². The normalized spacial score (nSPS) is 13.4. The van der Waals surface area contributed by atoms with E-state index in [9.17, 15) is 23.4 Å². The van der Waals surface area contributed by atoms with E-state index in [1.54, 1.807) is 41.7 Å².